The molecule has 19 heavy (non-hydrogen) atoms. The van der Waals surface area contributed by atoms with Gasteiger partial charge in [-0.25, -0.2) is 0 Å². The molecular weight excluding hydrogens is 412 g/mol. The van der Waals surface area contributed by atoms with Crippen molar-refractivity contribution >= 4 is 0 Å². The number of benzene rings is 2. The first-order chi connectivity index (χ1) is 8.95. The Bertz CT molecular complexity index is 581. The number of hydrogen-bond acceptors (Lipinski definition) is 2. The molecule has 0 unspecified atom stereocenters. The third kappa shape index (κ3) is 2.95. The van der Waals surface area contributed by atoms with Crippen LogP contribution in [0.1, 0.15) is 0 Å². The molecule has 0 fully saturated rings. The van der Waals surface area contributed by atoms with E-state index in [9.17, 15) is 0 Å². The summed E-state index contributed by atoms with van der Waals surface area (Å²) in [5.74, 6) is 0. The summed E-state index contributed by atoms with van der Waals surface area (Å²) in [5, 5.41) is 0. The summed E-state index contributed by atoms with van der Waals surface area (Å²) in [6.45, 7) is 0. The summed E-state index contributed by atoms with van der Waals surface area (Å²) in [4.78, 5) is 8.87. The van der Waals surface area contributed by atoms with Crippen molar-refractivity contribution in [1.29, 1.82) is 0 Å². The molecule has 0 saturated heterocycles. The van der Waals surface area contributed by atoms with Crippen molar-refractivity contribution in [2.24, 2.45) is 0 Å². The van der Waals surface area contributed by atoms with Gasteiger partial charge in [-0.05, 0) is 5.56 Å². The van der Waals surface area contributed by atoms with E-state index in [-0.39, 0.29) is 20.1 Å². The van der Waals surface area contributed by atoms with Crippen molar-refractivity contribution in [3.8, 4) is 22.5 Å². The average molecular weight is 423 g/mol. The van der Waals surface area contributed by atoms with Crippen molar-refractivity contribution in [2.75, 3.05) is 0 Å². The van der Waals surface area contributed by atoms with Crippen LogP contribution in [-0.4, -0.2) is 9.97 Å². The molecule has 2 aromatic carbocycles. The van der Waals surface area contributed by atoms with E-state index < -0.39 is 0 Å². The quantitative estimate of drug-likeness (QED) is 0.589. The topological polar surface area (TPSA) is 25.8 Å². The van der Waals surface area contributed by atoms with E-state index in [0.717, 1.165) is 22.5 Å². The van der Waals surface area contributed by atoms with Crippen LogP contribution >= 0.6 is 0 Å². The van der Waals surface area contributed by atoms with Gasteiger partial charge in [0.05, 0.1) is 5.69 Å². The second kappa shape index (κ2) is 6.37. The van der Waals surface area contributed by atoms with Crippen LogP contribution in [0.5, 0.6) is 0 Å². The molecule has 3 aromatic rings. The normalized spacial score (nSPS) is 9.68. The van der Waals surface area contributed by atoms with Gasteiger partial charge < -0.3 is 4.98 Å². The molecule has 3 heteroatoms. The maximum atomic E-state index is 4.44. The Balaban J connectivity index is 0.00000133. The van der Waals surface area contributed by atoms with Gasteiger partial charge in [-0.15, -0.1) is 35.9 Å². The summed E-state index contributed by atoms with van der Waals surface area (Å²) in [5.41, 5.74) is 3.78. The smallest absolute Gasteiger partial charge is 0.0547 e. The van der Waals surface area contributed by atoms with Crippen molar-refractivity contribution in [2.45, 2.75) is 0 Å². The van der Waals surface area contributed by atoms with Crippen molar-refractivity contribution in [3.05, 3.63) is 73.1 Å². The Morgan fingerprint density at radius 3 is 2.11 bits per heavy atom. The van der Waals surface area contributed by atoms with Crippen molar-refractivity contribution in [1.82, 2.24) is 9.97 Å². The van der Waals surface area contributed by atoms with E-state index >= 15 is 0 Å². The molecule has 95 valence electrons. The Labute approximate surface area is 125 Å². The molecule has 3 rings (SSSR count). The van der Waals surface area contributed by atoms with Crippen molar-refractivity contribution in [3.63, 3.8) is 0 Å². The zero-order chi connectivity index (χ0) is 12.2. The molecule has 0 saturated carbocycles. The number of aromatic nitrogens is 2. The second-order valence-electron chi connectivity index (χ2n) is 3.90. The zero-order valence-corrected chi connectivity index (χ0v) is 12.5. The standard InChI is InChI=1S/C16H11N2.Ir/c1-3-7-13(8-4-1)15-16(18-12-11-17-15)14-9-5-2-6-10-14;/h1-9,11-12H;/q-1;. The van der Waals surface area contributed by atoms with Crippen LogP contribution in [0.2, 0.25) is 0 Å². The van der Waals surface area contributed by atoms with Crippen LogP contribution in [0.25, 0.3) is 22.5 Å². The first-order valence-corrected chi connectivity index (χ1v) is 5.78. The minimum absolute atomic E-state index is 0. The third-order valence-electron chi connectivity index (χ3n) is 2.71. The number of hydrogen-bond donors (Lipinski definition) is 0. The van der Waals surface area contributed by atoms with Gasteiger partial charge in [0.2, 0.25) is 0 Å². The van der Waals surface area contributed by atoms with E-state index in [0.29, 0.717) is 0 Å². The van der Waals surface area contributed by atoms with Gasteiger partial charge in [0.1, 0.15) is 0 Å². The molecule has 0 spiro atoms. The van der Waals surface area contributed by atoms with E-state index in [1.54, 1.807) is 12.4 Å². The minimum Gasteiger partial charge on any atom is -0.301 e. The summed E-state index contributed by atoms with van der Waals surface area (Å²) >= 11 is 0. The van der Waals surface area contributed by atoms with Gasteiger partial charge in [-0.3, -0.25) is 4.98 Å². The fraction of sp³-hybridized carbons (Fsp3) is 0. The molecule has 0 N–H and O–H groups in total. The van der Waals surface area contributed by atoms with Crippen LogP contribution in [0.4, 0.5) is 0 Å². The first kappa shape index (κ1) is 13.6. The molecule has 0 amide bonds. The van der Waals surface area contributed by atoms with Crippen LogP contribution in [0.3, 0.4) is 0 Å². The Hall–Kier alpha value is -1.83. The van der Waals surface area contributed by atoms with Gasteiger partial charge in [0.15, 0.2) is 0 Å². The molecule has 0 atom stereocenters. The van der Waals surface area contributed by atoms with E-state index in [2.05, 4.69) is 16.0 Å². The van der Waals surface area contributed by atoms with Crippen LogP contribution in [0.15, 0.2) is 67.0 Å². The number of rotatable bonds is 2. The monoisotopic (exact) mass is 424 g/mol. The van der Waals surface area contributed by atoms with Gasteiger partial charge in [-0.2, -0.15) is 0 Å². The Morgan fingerprint density at radius 2 is 1.42 bits per heavy atom. The van der Waals surface area contributed by atoms with Gasteiger partial charge in [-0.1, -0.05) is 30.3 Å². The second-order valence-corrected chi connectivity index (χ2v) is 3.90. The number of nitrogens with zero attached hydrogens (tertiary/aromatic N) is 2. The Morgan fingerprint density at radius 1 is 0.737 bits per heavy atom. The molecule has 0 bridgehead atoms. The maximum Gasteiger partial charge on any atom is 0.0547 e. The SMILES string of the molecule is [Ir].[c-]1ccccc1-c1nccnc1-c1ccccc1. The average Bonchev–Trinajstić information content (AvgIpc) is 2.49. The van der Waals surface area contributed by atoms with Crippen LogP contribution in [-0.2, 0) is 20.1 Å². The van der Waals surface area contributed by atoms with Crippen molar-refractivity contribution < 1.29 is 20.1 Å². The molecule has 2 nitrogen and oxygen atoms in total. The molecular formula is C16H11IrN2-. The fourth-order valence-corrected chi connectivity index (χ4v) is 1.88. The predicted octanol–water partition coefficient (Wildman–Crippen LogP) is 3.61. The molecule has 1 aromatic heterocycles. The molecule has 0 aliphatic carbocycles. The Kier molecular flexibility index (Phi) is 4.56. The third-order valence-corrected chi connectivity index (χ3v) is 2.71. The summed E-state index contributed by atoms with van der Waals surface area (Å²) in [6, 6.07) is 21.1. The summed E-state index contributed by atoms with van der Waals surface area (Å²) in [7, 11) is 0. The zero-order valence-electron chi connectivity index (χ0n) is 10.1. The van der Waals surface area contributed by atoms with Crippen LogP contribution < -0.4 is 0 Å². The minimum atomic E-state index is 0. The summed E-state index contributed by atoms with van der Waals surface area (Å²) < 4.78 is 0. The van der Waals surface area contributed by atoms with E-state index in [4.69, 9.17) is 0 Å². The van der Waals surface area contributed by atoms with E-state index in [1.165, 1.54) is 0 Å². The maximum absolute atomic E-state index is 4.44. The molecule has 1 heterocycles. The van der Waals surface area contributed by atoms with Crippen LogP contribution in [0, 0.1) is 6.07 Å². The van der Waals surface area contributed by atoms with Gasteiger partial charge in [0.25, 0.3) is 0 Å². The first-order valence-electron chi connectivity index (χ1n) is 5.78. The van der Waals surface area contributed by atoms with Gasteiger partial charge in [0, 0.05) is 38.2 Å². The molecule has 0 aliphatic rings. The predicted molar refractivity (Wildman–Crippen MR) is 71.7 cm³/mol. The largest absolute Gasteiger partial charge is 0.301 e. The fourth-order valence-electron chi connectivity index (χ4n) is 1.88. The summed E-state index contributed by atoms with van der Waals surface area (Å²) in [6.07, 6.45) is 3.43. The molecule has 0 aliphatic heterocycles. The van der Waals surface area contributed by atoms with Gasteiger partial charge >= 0.3 is 0 Å². The molecule has 1 radical (unpaired) electrons. The van der Waals surface area contributed by atoms with E-state index in [1.807, 2.05) is 54.6 Å².